The molecule has 1 atom stereocenters. The Bertz CT molecular complexity index is 494. The zero-order valence-electron chi connectivity index (χ0n) is 9.44. The molecule has 0 spiro atoms. The predicted octanol–water partition coefficient (Wildman–Crippen LogP) is 1.55. The van der Waals surface area contributed by atoms with Crippen molar-refractivity contribution < 1.29 is 18.5 Å². The molecule has 0 aliphatic rings. The van der Waals surface area contributed by atoms with Gasteiger partial charge in [0.2, 0.25) is 5.91 Å². The van der Waals surface area contributed by atoms with Crippen molar-refractivity contribution in [1.29, 1.82) is 0 Å². The van der Waals surface area contributed by atoms with Crippen LogP contribution < -0.4 is 11.1 Å². The van der Waals surface area contributed by atoms with Crippen molar-refractivity contribution in [3.05, 3.63) is 33.9 Å². The standard InChI is InChI=1S/C10H11F2N3O3/c1-2-7(13)10(16)14-9-6(12)3-5(11)4-8(9)15(17)18/h3-4,7H,2,13H2,1H3,(H,14,16)/t7-/m0/s1. The summed E-state index contributed by atoms with van der Waals surface area (Å²) in [4.78, 5) is 21.1. The van der Waals surface area contributed by atoms with Gasteiger partial charge >= 0.3 is 0 Å². The van der Waals surface area contributed by atoms with Crippen molar-refractivity contribution in [2.75, 3.05) is 5.32 Å². The predicted molar refractivity (Wildman–Crippen MR) is 59.9 cm³/mol. The lowest BCUT2D eigenvalue weighted by Crippen LogP contribution is -2.35. The average Bonchev–Trinajstić information content (AvgIpc) is 2.30. The van der Waals surface area contributed by atoms with Crippen LogP contribution in [-0.4, -0.2) is 16.9 Å². The molecule has 1 amide bonds. The smallest absolute Gasteiger partial charge is 0.298 e. The molecule has 8 heteroatoms. The van der Waals surface area contributed by atoms with Crippen LogP contribution in [0.2, 0.25) is 0 Å². The van der Waals surface area contributed by atoms with Crippen LogP contribution in [0.25, 0.3) is 0 Å². The number of anilines is 1. The van der Waals surface area contributed by atoms with Gasteiger partial charge in [-0.3, -0.25) is 14.9 Å². The Kier molecular flexibility index (Phi) is 4.27. The molecule has 0 unspecified atom stereocenters. The van der Waals surface area contributed by atoms with Gasteiger partial charge in [-0.2, -0.15) is 0 Å². The first-order valence-electron chi connectivity index (χ1n) is 5.06. The number of hydrogen-bond acceptors (Lipinski definition) is 4. The number of benzene rings is 1. The molecule has 0 heterocycles. The minimum atomic E-state index is -1.22. The second kappa shape index (κ2) is 5.50. The van der Waals surface area contributed by atoms with Crippen LogP contribution in [0.1, 0.15) is 13.3 Å². The molecule has 0 saturated heterocycles. The van der Waals surface area contributed by atoms with Crippen molar-refractivity contribution in [3.8, 4) is 0 Å². The van der Waals surface area contributed by atoms with Gasteiger partial charge in [0.15, 0.2) is 11.5 Å². The van der Waals surface area contributed by atoms with E-state index in [4.69, 9.17) is 5.73 Å². The normalized spacial score (nSPS) is 12.0. The molecule has 0 bridgehead atoms. The molecular weight excluding hydrogens is 248 g/mol. The summed E-state index contributed by atoms with van der Waals surface area (Å²) in [5, 5.41) is 12.6. The van der Waals surface area contributed by atoms with Crippen molar-refractivity contribution in [1.82, 2.24) is 0 Å². The highest BCUT2D eigenvalue weighted by atomic mass is 19.1. The number of halogens is 2. The maximum absolute atomic E-state index is 13.4. The number of carbonyl (C=O) groups excluding carboxylic acids is 1. The van der Waals surface area contributed by atoms with Gasteiger partial charge in [0.05, 0.1) is 17.0 Å². The number of carbonyl (C=O) groups is 1. The molecule has 3 N–H and O–H groups in total. The van der Waals surface area contributed by atoms with E-state index in [0.717, 1.165) is 0 Å². The summed E-state index contributed by atoms with van der Waals surface area (Å²) in [6.07, 6.45) is 0.280. The molecule has 98 valence electrons. The maximum Gasteiger partial charge on any atom is 0.298 e. The van der Waals surface area contributed by atoms with Gasteiger partial charge in [0.25, 0.3) is 5.69 Å². The van der Waals surface area contributed by atoms with E-state index >= 15 is 0 Å². The molecule has 1 rings (SSSR count). The topological polar surface area (TPSA) is 98.3 Å². The van der Waals surface area contributed by atoms with Crippen molar-refractivity contribution in [2.24, 2.45) is 5.73 Å². The highest BCUT2D eigenvalue weighted by Gasteiger charge is 2.23. The summed E-state index contributed by atoms with van der Waals surface area (Å²) >= 11 is 0. The summed E-state index contributed by atoms with van der Waals surface area (Å²) in [5.74, 6) is -3.10. The Balaban J connectivity index is 3.15. The lowest BCUT2D eigenvalue weighted by molar-refractivity contribution is -0.384. The van der Waals surface area contributed by atoms with Gasteiger partial charge in [0, 0.05) is 6.07 Å². The number of rotatable bonds is 4. The van der Waals surface area contributed by atoms with Crippen molar-refractivity contribution in [2.45, 2.75) is 19.4 Å². The minimum Gasteiger partial charge on any atom is -0.320 e. The van der Waals surface area contributed by atoms with Crippen LogP contribution in [0.3, 0.4) is 0 Å². The fourth-order valence-electron chi connectivity index (χ4n) is 1.23. The molecule has 1 aromatic carbocycles. The van der Waals surface area contributed by atoms with E-state index in [0.29, 0.717) is 12.1 Å². The molecule has 0 radical (unpaired) electrons. The summed E-state index contributed by atoms with van der Waals surface area (Å²) in [6.45, 7) is 1.62. The van der Waals surface area contributed by atoms with E-state index in [1.807, 2.05) is 5.32 Å². The lowest BCUT2D eigenvalue weighted by Gasteiger charge is -2.11. The molecule has 0 aliphatic carbocycles. The third kappa shape index (κ3) is 2.98. The average molecular weight is 259 g/mol. The molecular formula is C10H11F2N3O3. The fourth-order valence-corrected chi connectivity index (χ4v) is 1.23. The Morgan fingerprint density at radius 1 is 1.56 bits per heavy atom. The summed E-state index contributed by atoms with van der Waals surface area (Å²) in [7, 11) is 0. The van der Waals surface area contributed by atoms with Gasteiger partial charge in [-0.25, -0.2) is 8.78 Å². The zero-order chi connectivity index (χ0) is 13.9. The van der Waals surface area contributed by atoms with E-state index in [1.54, 1.807) is 6.92 Å². The number of nitrogens with zero attached hydrogens (tertiary/aromatic N) is 1. The lowest BCUT2D eigenvalue weighted by atomic mass is 10.2. The van der Waals surface area contributed by atoms with Crippen molar-refractivity contribution >= 4 is 17.3 Å². The Hall–Kier alpha value is -2.09. The van der Waals surface area contributed by atoms with Crippen LogP contribution in [-0.2, 0) is 4.79 Å². The monoisotopic (exact) mass is 259 g/mol. The maximum atomic E-state index is 13.4. The first-order valence-corrected chi connectivity index (χ1v) is 5.06. The molecule has 1 aromatic rings. The Morgan fingerprint density at radius 3 is 2.67 bits per heavy atom. The van der Waals surface area contributed by atoms with E-state index in [2.05, 4.69) is 0 Å². The first-order chi connectivity index (χ1) is 8.36. The Labute approximate surface area is 101 Å². The van der Waals surface area contributed by atoms with Gasteiger partial charge in [-0.15, -0.1) is 0 Å². The highest BCUT2D eigenvalue weighted by molar-refractivity contribution is 5.96. The van der Waals surface area contributed by atoms with E-state index in [-0.39, 0.29) is 6.42 Å². The number of nitrogens with one attached hydrogen (secondary N) is 1. The van der Waals surface area contributed by atoms with Gasteiger partial charge in [0.1, 0.15) is 5.82 Å². The number of hydrogen-bond donors (Lipinski definition) is 2. The number of nitrogens with two attached hydrogens (primary N) is 1. The largest absolute Gasteiger partial charge is 0.320 e. The molecule has 0 aromatic heterocycles. The summed E-state index contributed by atoms with van der Waals surface area (Å²) < 4.78 is 26.2. The number of nitro groups is 1. The van der Waals surface area contributed by atoms with E-state index < -0.39 is 39.9 Å². The van der Waals surface area contributed by atoms with Crippen LogP contribution in [0.15, 0.2) is 12.1 Å². The van der Waals surface area contributed by atoms with Crippen LogP contribution in [0.4, 0.5) is 20.2 Å². The van der Waals surface area contributed by atoms with Crippen LogP contribution >= 0.6 is 0 Å². The van der Waals surface area contributed by atoms with E-state index in [9.17, 15) is 23.7 Å². The van der Waals surface area contributed by atoms with Gasteiger partial charge in [-0.1, -0.05) is 6.92 Å². The second-order valence-corrected chi connectivity index (χ2v) is 3.54. The van der Waals surface area contributed by atoms with Crippen molar-refractivity contribution in [3.63, 3.8) is 0 Å². The molecule has 0 saturated carbocycles. The molecule has 0 aliphatic heterocycles. The molecule has 6 nitrogen and oxygen atoms in total. The SMILES string of the molecule is CC[C@H](N)C(=O)Nc1c(F)cc(F)cc1[N+](=O)[O-]. The van der Waals surface area contributed by atoms with E-state index in [1.165, 1.54) is 0 Å². The summed E-state index contributed by atoms with van der Waals surface area (Å²) in [6, 6.07) is 0.0463. The third-order valence-electron chi connectivity index (χ3n) is 2.26. The molecule has 18 heavy (non-hydrogen) atoms. The van der Waals surface area contributed by atoms with Crippen LogP contribution in [0, 0.1) is 21.7 Å². The minimum absolute atomic E-state index is 0.280. The number of nitro benzene ring substituents is 1. The number of amides is 1. The third-order valence-corrected chi connectivity index (χ3v) is 2.26. The quantitative estimate of drug-likeness (QED) is 0.633. The Morgan fingerprint density at radius 2 is 2.17 bits per heavy atom. The van der Waals surface area contributed by atoms with Gasteiger partial charge in [-0.05, 0) is 6.42 Å². The second-order valence-electron chi connectivity index (χ2n) is 3.54. The molecule has 0 fully saturated rings. The zero-order valence-corrected chi connectivity index (χ0v) is 9.44. The first kappa shape index (κ1) is 14.0. The van der Waals surface area contributed by atoms with Crippen LogP contribution in [0.5, 0.6) is 0 Å². The highest BCUT2D eigenvalue weighted by Crippen LogP contribution is 2.28. The fraction of sp³-hybridized carbons (Fsp3) is 0.300. The van der Waals surface area contributed by atoms with Gasteiger partial charge < -0.3 is 11.1 Å². The summed E-state index contributed by atoms with van der Waals surface area (Å²) in [5.41, 5.74) is 3.85.